The second kappa shape index (κ2) is 5.89. The minimum atomic E-state index is 0.573. The third-order valence-electron chi connectivity index (χ3n) is 3.63. The van der Waals surface area contributed by atoms with Crippen LogP contribution in [-0.2, 0) is 6.42 Å². The molecule has 0 saturated heterocycles. The number of anilines is 1. The molecule has 3 aromatic rings. The first-order chi connectivity index (χ1) is 10.7. The monoisotopic (exact) mass is 294 g/mol. The predicted octanol–water partition coefficient (Wildman–Crippen LogP) is 3.09. The van der Waals surface area contributed by atoms with E-state index in [1.807, 2.05) is 24.4 Å². The summed E-state index contributed by atoms with van der Waals surface area (Å²) in [5.74, 6) is 0.652. The Morgan fingerprint density at radius 3 is 2.55 bits per heavy atom. The van der Waals surface area contributed by atoms with E-state index in [-0.39, 0.29) is 0 Å². The van der Waals surface area contributed by atoms with E-state index >= 15 is 0 Å². The summed E-state index contributed by atoms with van der Waals surface area (Å²) in [6.07, 6.45) is 2.92. The second-order valence-electron chi connectivity index (χ2n) is 5.03. The van der Waals surface area contributed by atoms with E-state index in [9.17, 15) is 0 Å². The van der Waals surface area contributed by atoms with Crippen LogP contribution >= 0.6 is 0 Å². The van der Waals surface area contributed by atoms with Crippen molar-refractivity contribution in [1.82, 2.24) is 15.0 Å². The van der Waals surface area contributed by atoms with Gasteiger partial charge in [-0.25, -0.2) is 4.68 Å². The van der Waals surface area contributed by atoms with Gasteiger partial charge in [-0.1, -0.05) is 36.4 Å². The Hall–Kier alpha value is -2.82. The van der Waals surface area contributed by atoms with Gasteiger partial charge in [0.15, 0.2) is 0 Å². The highest BCUT2D eigenvalue weighted by atomic mass is 16.5. The zero-order valence-electron chi connectivity index (χ0n) is 12.7. The minimum Gasteiger partial charge on any atom is -0.495 e. The molecule has 0 amide bonds. The molecule has 0 fully saturated rings. The highest BCUT2D eigenvalue weighted by Crippen LogP contribution is 2.24. The number of methoxy groups -OCH3 is 1. The summed E-state index contributed by atoms with van der Waals surface area (Å²) >= 11 is 0. The lowest BCUT2D eigenvalue weighted by atomic mass is 10.1. The fourth-order valence-corrected chi connectivity index (χ4v) is 2.30. The van der Waals surface area contributed by atoms with Gasteiger partial charge < -0.3 is 10.5 Å². The van der Waals surface area contributed by atoms with Crippen molar-refractivity contribution in [3.63, 3.8) is 0 Å². The highest BCUT2D eigenvalue weighted by Gasteiger charge is 2.07. The Morgan fingerprint density at radius 1 is 1.14 bits per heavy atom. The van der Waals surface area contributed by atoms with Crippen LogP contribution in [0.15, 0.2) is 48.7 Å². The highest BCUT2D eigenvalue weighted by molar-refractivity contribution is 5.61. The summed E-state index contributed by atoms with van der Waals surface area (Å²) in [4.78, 5) is 0. The average Bonchev–Trinajstić information content (AvgIpc) is 3.05. The molecule has 1 aromatic heterocycles. The first kappa shape index (κ1) is 14.1. The van der Waals surface area contributed by atoms with Crippen LogP contribution in [0, 0.1) is 0 Å². The quantitative estimate of drug-likeness (QED) is 0.751. The zero-order chi connectivity index (χ0) is 15.5. The number of nitrogen functional groups attached to an aromatic ring is 1. The van der Waals surface area contributed by atoms with Gasteiger partial charge in [-0.2, -0.15) is 0 Å². The van der Waals surface area contributed by atoms with Crippen molar-refractivity contribution in [2.75, 3.05) is 12.8 Å². The largest absolute Gasteiger partial charge is 0.495 e. The number of benzene rings is 2. The molecule has 0 atom stereocenters. The molecular formula is C17H18N4O. The Balaban J connectivity index is 1.91. The van der Waals surface area contributed by atoms with Crippen molar-refractivity contribution < 1.29 is 4.74 Å². The van der Waals surface area contributed by atoms with Crippen molar-refractivity contribution in [2.45, 2.75) is 13.3 Å². The number of nitrogens with zero attached hydrogens (tertiary/aromatic N) is 3. The van der Waals surface area contributed by atoms with Crippen LogP contribution in [0.2, 0.25) is 0 Å². The fraction of sp³-hybridized carbons (Fsp3) is 0.176. The molecule has 112 valence electrons. The number of hydrogen-bond donors (Lipinski definition) is 1. The van der Waals surface area contributed by atoms with E-state index in [0.29, 0.717) is 11.4 Å². The van der Waals surface area contributed by atoms with Crippen molar-refractivity contribution in [3.8, 4) is 22.7 Å². The van der Waals surface area contributed by atoms with E-state index in [0.717, 1.165) is 23.4 Å². The van der Waals surface area contributed by atoms with Gasteiger partial charge in [0.1, 0.15) is 11.4 Å². The van der Waals surface area contributed by atoms with Gasteiger partial charge in [0.2, 0.25) is 0 Å². The normalized spacial score (nSPS) is 10.6. The van der Waals surface area contributed by atoms with E-state index < -0.39 is 0 Å². The first-order valence-corrected chi connectivity index (χ1v) is 7.17. The Bertz CT molecular complexity index is 778. The van der Waals surface area contributed by atoms with Gasteiger partial charge in [0.05, 0.1) is 24.7 Å². The molecule has 5 heteroatoms. The summed E-state index contributed by atoms with van der Waals surface area (Å²) in [5.41, 5.74) is 10.5. The SMILES string of the molecule is CCc1ccc(-c2cn(-c3ccc(OC)c(N)c3)nn2)cc1. The van der Waals surface area contributed by atoms with Crippen LogP contribution in [0.3, 0.4) is 0 Å². The van der Waals surface area contributed by atoms with Crippen molar-refractivity contribution >= 4 is 5.69 Å². The van der Waals surface area contributed by atoms with Gasteiger partial charge in [0.25, 0.3) is 0 Å². The van der Waals surface area contributed by atoms with Crippen molar-refractivity contribution in [2.24, 2.45) is 0 Å². The second-order valence-corrected chi connectivity index (χ2v) is 5.03. The van der Waals surface area contributed by atoms with Gasteiger partial charge in [-0.05, 0) is 30.2 Å². The lowest BCUT2D eigenvalue weighted by Gasteiger charge is -2.06. The molecule has 1 heterocycles. The standard InChI is InChI=1S/C17H18N4O/c1-3-12-4-6-13(7-5-12)16-11-21(20-19-16)14-8-9-17(22-2)15(18)10-14/h4-11H,3,18H2,1-2H3. The van der Waals surface area contributed by atoms with E-state index in [1.54, 1.807) is 11.8 Å². The number of aromatic nitrogens is 3. The van der Waals surface area contributed by atoms with Gasteiger partial charge >= 0.3 is 0 Å². The molecule has 0 bridgehead atoms. The molecule has 2 aromatic carbocycles. The number of rotatable bonds is 4. The van der Waals surface area contributed by atoms with Crippen LogP contribution in [0.25, 0.3) is 16.9 Å². The van der Waals surface area contributed by atoms with E-state index in [4.69, 9.17) is 10.5 Å². The molecule has 0 aliphatic rings. The van der Waals surface area contributed by atoms with Crippen LogP contribution in [0.4, 0.5) is 5.69 Å². The summed E-state index contributed by atoms with van der Waals surface area (Å²) < 4.78 is 6.87. The maximum Gasteiger partial charge on any atom is 0.141 e. The molecule has 0 unspecified atom stereocenters. The summed E-state index contributed by atoms with van der Waals surface area (Å²) in [5, 5.41) is 8.40. The molecule has 3 rings (SSSR count). The van der Waals surface area contributed by atoms with Crippen LogP contribution in [0.5, 0.6) is 5.75 Å². The predicted molar refractivity (Wildman–Crippen MR) is 87.1 cm³/mol. The summed E-state index contributed by atoms with van der Waals surface area (Å²) in [6, 6.07) is 13.9. The number of nitrogens with two attached hydrogens (primary N) is 1. The van der Waals surface area contributed by atoms with E-state index in [2.05, 4.69) is 41.5 Å². The maximum absolute atomic E-state index is 5.93. The Kier molecular flexibility index (Phi) is 3.78. The lowest BCUT2D eigenvalue weighted by molar-refractivity contribution is 0.417. The topological polar surface area (TPSA) is 66.0 Å². The molecule has 0 aliphatic carbocycles. The number of aryl methyl sites for hydroxylation is 1. The molecule has 22 heavy (non-hydrogen) atoms. The van der Waals surface area contributed by atoms with Crippen LogP contribution < -0.4 is 10.5 Å². The smallest absolute Gasteiger partial charge is 0.141 e. The molecular weight excluding hydrogens is 276 g/mol. The van der Waals surface area contributed by atoms with Gasteiger partial charge in [-0.3, -0.25) is 0 Å². The van der Waals surface area contributed by atoms with E-state index in [1.165, 1.54) is 5.56 Å². The summed E-state index contributed by atoms with van der Waals surface area (Å²) in [6.45, 7) is 2.14. The van der Waals surface area contributed by atoms with Crippen molar-refractivity contribution in [3.05, 3.63) is 54.2 Å². The Labute approximate surface area is 129 Å². The third kappa shape index (κ3) is 2.65. The first-order valence-electron chi connectivity index (χ1n) is 7.17. The maximum atomic E-state index is 5.93. The lowest BCUT2D eigenvalue weighted by Crippen LogP contribution is -1.98. The minimum absolute atomic E-state index is 0.573. The van der Waals surface area contributed by atoms with Gasteiger partial charge in [0, 0.05) is 5.56 Å². The molecule has 2 N–H and O–H groups in total. The molecule has 0 spiro atoms. The third-order valence-corrected chi connectivity index (χ3v) is 3.63. The Morgan fingerprint density at radius 2 is 1.91 bits per heavy atom. The zero-order valence-corrected chi connectivity index (χ0v) is 12.7. The number of ether oxygens (including phenoxy) is 1. The van der Waals surface area contributed by atoms with Gasteiger partial charge in [-0.15, -0.1) is 5.10 Å². The summed E-state index contributed by atoms with van der Waals surface area (Å²) in [7, 11) is 1.60. The molecule has 0 radical (unpaired) electrons. The molecule has 0 saturated carbocycles. The molecule has 0 aliphatic heterocycles. The average molecular weight is 294 g/mol. The van der Waals surface area contributed by atoms with Crippen LogP contribution in [-0.4, -0.2) is 22.1 Å². The van der Waals surface area contributed by atoms with Crippen molar-refractivity contribution in [1.29, 1.82) is 0 Å². The van der Waals surface area contributed by atoms with Crippen LogP contribution in [0.1, 0.15) is 12.5 Å². The number of hydrogen-bond acceptors (Lipinski definition) is 4. The molecule has 5 nitrogen and oxygen atoms in total. The fourth-order valence-electron chi connectivity index (χ4n) is 2.30.